The van der Waals surface area contributed by atoms with Gasteiger partial charge >= 0.3 is 0 Å². The number of halogens is 1. The van der Waals surface area contributed by atoms with Crippen LogP contribution in [0, 0.1) is 0 Å². The van der Waals surface area contributed by atoms with Gasteiger partial charge in [-0.25, -0.2) is 13.4 Å². The molecule has 9 heteroatoms. The Kier molecular flexibility index (Phi) is 13.5. The van der Waals surface area contributed by atoms with Gasteiger partial charge in [-0.1, -0.05) is 25.5 Å². The van der Waals surface area contributed by atoms with E-state index in [-0.39, 0.29) is 24.0 Å². The highest BCUT2D eigenvalue weighted by molar-refractivity contribution is 14.0. The fourth-order valence-corrected chi connectivity index (χ4v) is 4.60. The molecule has 1 aliphatic heterocycles. The average molecular weight is 553 g/mol. The monoisotopic (exact) mass is 552 g/mol. The fourth-order valence-electron chi connectivity index (χ4n) is 3.09. The Morgan fingerprint density at radius 2 is 1.73 bits per heavy atom. The number of rotatable bonds is 12. The van der Waals surface area contributed by atoms with Crippen molar-refractivity contribution in [1.29, 1.82) is 0 Å². The standard InChI is InChI=1S/C21H36N4O3S.HI/c1-3-5-16-28-17-8-13-23-21(22-4-2)24-18-19-9-11-20(12-10-19)29(26,27)25-14-6-7-15-25;/h9-12H,3-8,13-18H2,1-2H3,(H2,22,23,24);1H. The molecule has 0 spiro atoms. The van der Waals surface area contributed by atoms with Crippen LogP contribution in [-0.2, 0) is 21.3 Å². The third-order valence-corrected chi connectivity index (χ3v) is 6.70. The predicted octanol–water partition coefficient (Wildman–Crippen LogP) is 3.35. The van der Waals surface area contributed by atoms with Crippen molar-refractivity contribution in [3.63, 3.8) is 0 Å². The van der Waals surface area contributed by atoms with Crippen molar-refractivity contribution < 1.29 is 13.2 Å². The molecule has 0 bridgehead atoms. The summed E-state index contributed by atoms with van der Waals surface area (Å²) in [4.78, 5) is 4.96. The van der Waals surface area contributed by atoms with Gasteiger partial charge in [0.05, 0.1) is 11.4 Å². The Morgan fingerprint density at radius 3 is 2.37 bits per heavy atom. The van der Waals surface area contributed by atoms with Crippen LogP contribution in [0.2, 0.25) is 0 Å². The van der Waals surface area contributed by atoms with Gasteiger partial charge in [0.1, 0.15) is 0 Å². The van der Waals surface area contributed by atoms with Crippen LogP contribution in [0.1, 0.15) is 51.5 Å². The van der Waals surface area contributed by atoms with Gasteiger partial charge in [0.15, 0.2) is 5.96 Å². The molecule has 1 aromatic rings. The molecule has 30 heavy (non-hydrogen) atoms. The van der Waals surface area contributed by atoms with E-state index in [9.17, 15) is 8.42 Å². The maximum Gasteiger partial charge on any atom is 0.243 e. The fraction of sp³-hybridized carbons (Fsp3) is 0.667. The maximum absolute atomic E-state index is 12.6. The topological polar surface area (TPSA) is 83.0 Å². The maximum atomic E-state index is 12.6. The van der Waals surface area contributed by atoms with E-state index in [4.69, 9.17) is 4.74 Å². The number of sulfonamides is 1. The number of unbranched alkanes of at least 4 members (excludes halogenated alkanes) is 1. The van der Waals surface area contributed by atoms with Crippen LogP contribution >= 0.6 is 24.0 Å². The minimum absolute atomic E-state index is 0. The van der Waals surface area contributed by atoms with Crippen LogP contribution in [0.25, 0.3) is 0 Å². The summed E-state index contributed by atoms with van der Waals surface area (Å²) in [6.07, 6.45) is 5.07. The molecule has 1 aromatic carbocycles. The molecule has 1 aliphatic rings. The molecule has 7 nitrogen and oxygen atoms in total. The van der Waals surface area contributed by atoms with Crippen molar-refractivity contribution in [3.05, 3.63) is 29.8 Å². The smallest absolute Gasteiger partial charge is 0.243 e. The van der Waals surface area contributed by atoms with Crippen LogP contribution in [0.5, 0.6) is 0 Å². The van der Waals surface area contributed by atoms with Crippen LogP contribution in [0.4, 0.5) is 0 Å². The third-order valence-electron chi connectivity index (χ3n) is 4.79. The SMILES string of the molecule is CCCCOCCCNC(=NCc1ccc(S(=O)(=O)N2CCCC2)cc1)NCC.I. The molecule has 0 unspecified atom stereocenters. The lowest BCUT2D eigenvalue weighted by Crippen LogP contribution is -2.38. The van der Waals surface area contributed by atoms with Gasteiger partial charge < -0.3 is 15.4 Å². The minimum atomic E-state index is -3.36. The Bertz CT molecular complexity index is 720. The van der Waals surface area contributed by atoms with Crippen molar-refractivity contribution in [2.45, 2.75) is 57.4 Å². The lowest BCUT2D eigenvalue weighted by Gasteiger charge is -2.15. The molecule has 2 rings (SSSR count). The second-order valence-corrected chi connectivity index (χ2v) is 9.13. The first-order valence-corrected chi connectivity index (χ1v) is 12.2. The minimum Gasteiger partial charge on any atom is -0.381 e. The van der Waals surface area contributed by atoms with E-state index in [2.05, 4.69) is 22.5 Å². The van der Waals surface area contributed by atoms with Gasteiger partial charge in [-0.15, -0.1) is 24.0 Å². The summed E-state index contributed by atoms with van der Waals surface area (Å²) < 4.78 is 32.3. The van der Waals surface area contributed by atoms with Crippen molar-refractivity contribution in [2.75, 3.05) is 39.4 Å². The van der Waals surface area contributed by atoms with E-state index >= 15 is 0 Å². The lowest BCUT2D eigenvalue weighted by molar-refractivity contribution is 0.129. The van der Waals surface area contributed by atoms with Gasteiger partial charge in [0.25, 0.3) is 0 Å². The van der Waals surface area contributed by atoms with Crippen molar-refractivity contribution in [1.82, 2.24) is 14.9 Å². The van der Waals surface area contributed by atoms with Crippen molar-refractivity contribution in [3.8, 4) is 0 Å². The number of ether oxygens (including phenoxy) is 1. The molecule has 0 aliphatic carbocycles. The number of nitrogens with zero attached hydrogens (tertiary/aromatic N) is 2. The van der Waals surface area contributed by atoms with E-state index in [0.29, 0.717) is 24.5 Å². The van der Waals surface area contributed by atoms with Gasteiger partial charge in [0.2, 0.25) is 10.0 Å². The molecule has 0 saturated carbocycles. The molecular formula is C21H37IN4O3S. The zero-order valence-electron chi connectivity index (χ0n) is 18.2. The molecule has 0 aromatic heterocycles. The molecule has 0 atom stereocenters. The van der Waals surface area contributed by atoms with Crippen LogP contribution in [0.15, 0.2) is 34.2 Å². The quantitative estimate of drug-likeness (QED) is 0.180. The van der Waals surface area contributed by atoms with E-state index in [1.165, 1.54) is 0 Å². The van der Waals surface area contributed by atoms with E-state index in [1.54, 1.807) is 16.4 Å². The molecule has 2 N–H and O–H groups in total. The highest BCUT2D eigenvalue weighted by Gasteiger charge is 2.26. The Morgan fingerprint density at radius 1 is 1.07 bits per heavy atom. The first kappa shape index (κ1) is 27.1. The summed E-state index contributed by atoms with van der Waals surface area (Å²) in [5.41, 5.74) is 0.977. The lowest BCUT2D eigenvalue weighted by atomic mass is 10.2. The Balaban J connectivity index is 0.00000450. The normalized spacial score (nSPS) is 15.1. The van der Waals surface area contributed by atoms with E-state index in [0.717, 1.165) is 69.9 Å². The zero-order chi connectivity index (χ0) is 21.0. The molecule has 0 amide bonds. The number of benzene rings is 1. The molecule has 0 radical (unpaired) electrons. The molecular weight excluding hydrogens is 515 g/mol. The molecule has 1 saturated heterocycles. The van der Waals surface area contributed by atoms with Crippen molar-refractivity contribution in [2.24, 2.45) is 4.99 Å². The number of hydrogen-bond donors (Lipinski definition) is 2. The second-order valence-electron chi connectivity index (χ2n) is 7.20. The second kappa shape index (κ2) is 15.0. The van der Waals surface area contributed by atoms with Crippen LogP contribution < -0.4 is 10.6 Å². The number of aliphatic imine (C=N–C) groups is 1. The number of guanidine groups is 1. The highest BCUT2D eigenvalue weighted by atomic mass is 127. The molecule has 1 fully saturated rings. The van der Waals surface area contributed by atoms with Gasteiger partial charge in [0, 0.05) is 39.4 Å². The van der Waals surface area contributed by atoms with Gasteiger partial charge in [-0.3, -0.25) is 0 Å². The Hall–Kier alpha value is -0.910. The first-order chi connectivity index (χ1) is 14.1. The van der Waals surface area contributed by atoms with Gasteiger partial charge in [-0.2, -0.15) is 4.31 Å². The Labute approximate surface area is 199 Å². The summed E-state index contributed by atoms with van der Waals surface area (Å²) >= 11 is 0. The third kappa shape index (κ3) is 9.07. The number of hydrogen-bond acceptors (Lipinski definition) is 4. The summed E-state index contributed by atoms with van der Waals surface area (Å²) in [7, 11) is -3.36. The summed E-state index contributed by atoms with van der Waals surface area (Å²) in [5.74, 6) is 0.759. The molecule has 172 valence electrons. The van der Waals surface area contributed by atoms with E-state index in [1.807, 2.05) is 19.1 Å². The van der Waals surface area contributed by atoms with Crippen LogP contribution in [0.3, 0.4) is 0 Å². The average Bonchev–Trinajstić information content (AvgIpc) is 3.27. The summed E-state index contributed by atoms with van der Waals surface area (Å²) in [6.45, 7) is 9.08. The van der Waals surface area contributed by atoms with Crippen molar-refractivity contribution >= 4 is 40.0 Å². The van der Waals surface area contributed by atoms with Gasteiger partial charge in [-0.05, 0) is 50.3 Å². The summed E-state index contributed by atoms with van der Waals surface area (Å²) in [6, 6.07) is 7.06. The van der Waals surface area contributed by atoms with Crippen LogP contribution in [-0.4, -0.2) is 58.1 Å². The van der Waals surface area contributed by atoms with E-state index < -0.39 is 10.0 Å². The highest BCUT2D eigenvalue weighted by Crippen LogP contribution is 2.21. The number of nitrogens with one attached hydrogen (secondary N) is 2. The largest absolute Gasteiger partial charge is 0.381 e. The predicted molar refractivity (Wildman–Crippen MR) is 133 cm³/mol. The zero-order valence-corrected chi connectivity index (χ0v) is 21.4. The molecule has 1 heterocycles. The first-order valence-electron chi connectivity index (χ1n) is 10.8. The summed E-state index contributed by atoms with van der Waals surface area (Å²) in [5, 5.41) is 6.54.